The lowest BCUT2D eigenvalue weighted by Crippen LogP contribution is -2.21. The van der Waals surface area contributed by atoms with Crippen LogP contribution in [0.1, 0.15) is 22.5 Å². The number of aryl methyl sites for hydroxylation is 1. The topological polar surface area (TPSA) is 50.3 Å². The molecule has 1 amide bonds. The van der Waals surface area contributed by atoms with Crippen LogP contribution >= 0.6 is 11.3 Å². The zero-order valence-electron chi connectivity index (χ0n) is 11.5. The quantitative estimate of drug-likeness (QED) is 0.795. The van der Waals surface area contributed by atoms with Crippen LogP contribution < -0.4 is 0 Å². The van der Waals surface area contributed by atoms with Crippen LogP contribution in [0.2, 0.25) is 0 Å². The Morgan fingerprint density at radius 2 is 2.00 bits per heavy atom. The molecule has 0 atom stereocenters. The molecular formula is C15H16N2O2S. The molecule has 0 fully saturated rings. The van der Waals surface area contributed by atoms with Crippen LogP contribution in [-0.4, -0.2) is 36.2 Å². The highest BCUT2D eigenvalue weighted by Crippen LogP contribution is 2.24. The molecule has 1 aromatic carbocycles. The third kappa shape index (κ3) is 3.30. The number of aromatic nitrogens is 1. The number of carbonyl (C=O) groups excluding carboxylic acids is 2. The van der Waals surface area contributed by atoms with Gasteiger partial charge in [-0.15, -0.1) is 11.3 Å². The van der Waals surface area contributed by atoms with Crippen molar-refractivity contribution in [2.45, 2.75) is 12.8 Å². The molecule has 1 aromatic heterocycles. The van der Waals surface area contributed by atoms with Gasteiger partial charge in [0, 0.05) is 37.0 Å². The van der Waals surface area contributed by atoms with Crippen LogP contribution in [0.3, 0.4) is 0 Å². The Balaban J connectivity index is 2.15. The lowest BCUT2D eigenvalue weighted by Gasteiger charge is -2.10. The summed E-state index contributed by atoms with van der Waals surface area (Å²) in [6, 6.07) is 7.42. The molecule has 20 heavy (non-hydrogen) atoms. The van der Waals surface area contributed by atoms with Gasteiger partial charge < -0.3 is 9.69 Å². The number of carbonyl (C=O) groups is 2. The maximum atomic E-state index is 11.8. The molecule has 0 aliphatic heterocycles. The molecule has 0 bridgehead atoms. The zero-order chi connectivity index (χ0) is 14.5. The first-order valence-corrected chi connectivity index (χ1v) is 7.20. The number of hydrogen-bond donors (Lipinski definition) is 0. The third-order valence-electron chi connectivity index (χ3n) is 2.86. The molecule has 1 heterocycles. The lowest BCUT2D eigenvalue weighted by molar-refractivity contribution is -0.107. The Morgan fingerprint density at radius 3 is 2.60 bits per heavy atom. The van der Waals surface area contributed by atoms with Crippen molar-refractivity contribution in [1.29, 1.82) is 0 Å². The smallest absolute Gasteiger partial charge is 0.253 e. The van der Waals surface area contributed by atoms with Gasteiger partial charge in [0.2, 0.25) is 0 Å². The number of amides is 1. The monoisotopic (exact) mass is 288 g/mol. The molecule has 0 radical (unpaired) electrons. The number of aldehydes is 1. The number of benzene rings is 1. The van der Waals surface area contributed by atoms with E-state index in [1.807, 2.05) is 29.6 Å². The molecule has 0 spiro atoms. The summed E-state index contributed by atoms with van der Waals surface area (Å²) in [6.07, 6.45) is 2.08. The first-order chi connectivity index (χ1) is 9.61. The van der Waals surface area contributed by atoms with E-state index in [0.717, 1.165) is 22.6 Å². The van der Waals surface area contributed by atoms with Crippen molar-refractivity contribution in [3.8, 4) is 10.6 Å². The molecule has 0 unspecified atom stereocenters. The largest absolute Gasteiger partial charge is 0.345 e. The molecular weight excluding hydrogens is 272 g/mol. The Bertz CT molecular complexity index is 603. The Hall–Kier alpha value is -2.01. The Kier molecular flexibility index (Phi) is 4.63. The summed E-state index contributed by atoms with van der Waals surface area (Å²) in [4.78, 5) is 28.2. The fraction of sp³-hybridized carbons (Fsp3) is 0.267. The summed E-state index contributed by atoms with van der Waals surface area (Å²) in [6.45, 7) is 0. The van der Waals surface area contributed by atoms with Crippen LogP contribution in [0, 0.1) is 0 Å². The highest BCUT2D eigenvalue weighted by molar-refractivity contribution is 7.13. The SMILES string of the molecule is CN(C)C(=O)c1ccc(-c2nc(CCC=O)cs2)cc1. The van der Waals surface area contributed by atoms with Gasteiger partial charge in [-0.2, -0.15) is 0 Å². The normalized spacial score (nSPS) is 10.3. The summed E-state index contributed by atoms with van der Waals surface area (Å²) >= 11 is 1.55. The molecule has 0 saturated heterocycles. The maximum absolute atomic E-state index is 11.8. The molecule has 0 saturated carbocycles. The molecule has 2 rings (SSSR count). The summed E-state index contributed by atoms with van der Waals surface area (Å²) in [7, 11) is 3.47. The van der Waals surface area contributed by atoms with E-state index in [1.165, 1.54) is 0 Å². The summed E-state index contributed by atoms with van der Waals surface area (Å²) in [5.74, 6) is -0.0117. The molecule has 2 aromatic rings. The summed E-state index contributed by atoms with van der Waals surface area (Å²) in [5, 5.41) is 2.88. The lowest BCUT2D eigenvalue weighted by atomic mass is 10.1. The molecule has 104 valence electrons. The van der Waals surface area contributed by atoms with Crippen molar-refractivity contribution in [2.24, 2.45) is 0 Å². The van der Waals surface area contributed by atoms with Crippen LogP contribution in [0.15, 0.2) is 29.6 Å². The molecule has 5 heteroatoms. The van der Waals surface area contributed by atoms with Gasteiger partial charge in [0.1, 0.15) is 11.3 Å². The van der Waals surface area contributed by atoms with Crippen molar-refractivity contribution in [2.75, 3.05) is 14.1 Å². The second-order valence-corrected chi connectivity index (χ2v) is 5.48. The molecule has 0 aliphatic rings. The van der Waals surface area contributed by atoms with Gasteiger partial charge >= 0.3 is 0 Å². The molecule has 0 N–H and O–H groups in total. The maximum Gasteiger partial charge on any atom is 0.253 e. The average Bonchev–Trinajstić information content (AvgIpc) is 2.93. The van der Waals surface area contributed by atoms with Gasteiger partial charge in [0.15, 0.2) is 0 Å². The van der Waals surface area contributed by atoms with Crippen LogP contribution in [0.5, 0.6) is 0 Å². The van der Waals surface area contributed by atoms with Crippen molar-refractivity contribution in [3.63, 3.8) is 0 Å². The first-order valence-electron chi connectivity index (χ1n) is 6.32. The predicted octanol–water partition coefficient (Wildman–Crippen LogP) is 2.64. The second-order valence-electron chi connectivity index (χ2n) is 4.63. The molecule has 0 aliphatic carbocycles. The van der Waals surface area contributed by atoms with Crippen LogP contribution in [-0.2, 0) is 11.2 Å². The average molecular weight is 288 g/mol. The van der Waals surface area contributed by atoms with E-state index in [2.05, 4.69) is 4.98 Å². The van der Waals surface area contributed by atoms with Crippen LogP contribution in [0.25, 0.3) is 10.6 Å². The number of nitrogens with zero attached hydrogens (tertiary/aromatic N) is 2. The number of hydrogen-bond acceptors (Lipinski definition) is 4. The van der Waals surface area contributed by atoms with Crippen molar-refractivity contribution < 1.29 is 9.59 Å². The predicted molar refractivity (Wildman–Crippen MR) is 80.0 cm³/mol. The standard InChI is InChI=1S/C15H16N2O2S/c1-17(2)15(19)12-7-5-11(6-8-12)14-16-13(10-20-14)4-3-9-18/h5-10H,3-4H2,1-2H3. The fourth-order valence-corrected chi connectivity index (χ4v) is 2.64. The van der Waals surface area contributed by atoms with E-state index in [0.29, 0.717) is 18.4 Å². The van der Waals surface area contributed by atoms with Gasteiger partial charge in [-0.3, -0.25) is 4.79 Å². The summed E-state index contributed by atoms with van der Waals surface area (Å²) in [5.41, 5.74) is 2.59. The van der Waals surface area contributed by atoms with Gasteiger partial charge in [-0.25, -0.2) is 4.98 Å². The van der Waals surface area contributed by atoms with Crippen LogP contribution in [0.4, 0.5) is 0 Å². The zero-order valence-corrected chi connectivity index (χ0v) is 12.3. The molecule has 4 nitrogen and oxygen atoms in total. The van der Waals surface area contributed by atoms with E-state index < -0.39 is 0 Å². The van der Waals surface area contributed by atoms with Crippen molar-refractivity contribution in [1.82, 2.24) is 9.88 Å². The van der Waals surface area contributed by atoms with Gasteiger partial charge in [0.05, 0.1) is 5.69 Å². The van der Waals surface area contributed by atoms with Crippen molar-refractivity contribution in [3.05, 3.63) is 40.9 Å². The summed E-state index contributed by atoms with van der Waals surface area (Å²) < 4.78 is 0. The Morgan fingerprint density at radius 1 is 1.30 bits per heavy atom. The first kappa shape index (κ1) is 14.4. The van der Waals surface area contributed by atoms with E-state index in [9.17, 15) is 9.59 Å². The minimum absolute atomic E-state index is 0.0117. The minimum atomic E-state index is -0.0117. The number of thiazole rings is 1. The van der Waals surface area contributed by atoms with Crippen molar-refractivity contribution >= 4 is 23.5 Å². The van der Waals surface area contributed by atoms with Gasteiger partial charge in [-0.05, 0) is 18.6 Å². The van der Waals surface area contributed by atoms with Gasteiger partial charge in [0.25, 0.3) is 5.91 Å². The van der Waals surface area contributed by atoms with E-state index in [-0.39, 0.29) is 5.91 Å². The van der Waals surface area contributed by atoms with Gasteiger partial charge in [-0.1, -0.05) is 12.1 Å². The highest BCUT2D eigenvalue weighted by Gasteiger charge is 2.09. The van der Waals surface area contributed by atoms with E-state index in [4.69, 9.17) is 0 Å². The second kappa shape index (κ2) is 6.43. The Labute approximate surface area is 122 Å². The highest BCUT2D eigenvalue weighted by atomic mass is 32.1. The third-order valence-corrected chi connectivity index (χ3v) is 3.80. The number of rotatable bonds is 5. The van der Waals surface area contributed by atoms with E-state index in [1.54, 1.807) is 30.3 Å². The van der Waals surface area contributed by atoms with E-state index >= 15 is 0 Å². The fourth-order valence-electron chi connectivity index (χ4n) is 1.77. The minimum Gasteiger partial charge on any atom is -0.345 e.